The van der Waals surface area contributed by atoms with Gasteiger partial charge in [-0.3, -0.25) is 9.89 Å². The number of H-pyrrole nitrogens is 2. The fraction of sp³-hybridized carbons (Fsp3) is 0.455. The van der Waals surface area contributed by atoms with Crippen molar-refractivity contribution >= 4 is 10.0 Å². The van der Waals surface area contributed by atoms with Gasteiger partial charge in [-0.25, -0.2) is 8.42 Å². The number of hydrogen-bond donors (Lipinski definition) is 2. The van der Waals surface area contributed by atoms with E-state index in [1.807, 2.05) is 0 Å². The second kappa shape index (κ2) is 4.32. The van der Waals surface area contributed by atoms with Gasteiger partial charge in [0.2, 0.25) is 10.0 Å². The van der Waals surface area contributed by atoms with E-state index in [0.717, 1.165) is 5.69 Å². The lowest BCUT2D eigenvalue weighted by Crippen LogP contribution is -2.37. The summed E-state index contributed by atoms with van der Waals surface area (Å²) in [5.74, 6) is 0.260. The average Bonchev–Trinajstić information content (AvgIpc) is 2.93. The molecule has 0 atom stereocenters. The third kappa shape index (κ3) is 1.81. The minimum atomic E-state index is -3.71. The molecule has 2 N–H and O–H groups in total. The van der Waals surface area contributed by atoms with Gasteiger partial charge in [-0.2, -0.15) is 4.31 Å². The molecule has 0 bridgehead atoms. The van der Waals surface area contributed by atoms with Gasteiger partial charge in [0.25, 0.3) is 5.56 Å². The molecule has 8 nitrogen and oxygen atoms in total. The van der Waals surface area contributed by atoms with Gasteiger partial charge in [-0.05, 0) is 13.8 Å². The molecular formula is C11H14N4O4S. The first-order chi connectivity index (χ1) is 9.41. The fourth-order valence-electron chi connectivity index (χ4n) is 2.47. The van der Waals surface area contributed by atoms with E-state index >= 15 is 0 Å². The van der Waals surface area contributed by atoms with Crippen molar-refractivity contribution in [2.45, 2.75) is 31.7 Å². The van der Waals surface area contributed by atoms with Crippen LogP contribution in [0.3, 0.4) is 0 Å². The van der Waals surface area contributed by atoms with Crippen LogP contribution in [0.25, 0.3) is 0 Å². The van der Waals surface area contributed by atoms with E-state index in [2.05, 4.69) is 15.4 Å². The number of sulfonamides is 1. The van der Waals surface area contributed by atoms with Crippen LogP contribution in [0.2, 0.25) is 0 Å². The molecule has 0 saturated carbocycles. The van der Waals surface area contributed by atoms with Crippen molar-refractivity contribution in [2.24, 2.45) is 0 Å². The molecule has 2 aromatic heterocycles. The van der Waals surface area contributed by atoms with Crippen molar-refractivity contribution in [1.29, 1.82) is 0 Å². The van der Waals surface area contributed by atoms with Crippen molar-refractivity contribution in [3.8, 4) is 0 Å². The van der Waals surface area contributed by atoms with E-state index < -0.39 is 10.0 Å². The summed E-state index contributed by atoms with van der Waals surface area (Å²) in [4.78, 5) is 11.7. The molecule has 1 aliphatic rings. The van der Waals surface area contributed by atoms with Gasteiger partial charge in [0, 0.05) is 25.2 Å². The lowest BCUT2D eigenvalue weighted by molar-refractivity contribution is 0.380. The number of aromatic amines is 2. The Bertz CT molecular complexity index is 794. The van der Waals surface area contributed by atoms with E-state index in [-0.39, 0.29) is 22.8 Å². The number of aromatic nitrogens is 3. The molecule has 0 amide bonds. The molecule has 9 heteroatoms. The maximum absolute atomic E-state index is 12.6. The number of rotatable bonds is 2. The zero-order valence-electron chi connectivity index (χ0n) is 11.1. The second-order valence-corrected chi connectivity index (χ2v) is 6.65. The van der Waals surface area contributed by atoms with Gasteiger partial charge in [-0.15, -0.1) is 0 Å². The van der Waals surface area contributed by atoms with Crippen LogP contribution in [0.5, 0.6) is 0 Å². The highest BCUT2D eigenvalue weighted by molar-refractivity contribution is 7.89. The van der Waals surface area contributed by atoms with Crippen molar-refractivity contribution < 1.29 is 12.9 Å². The molecule has 20 heavy (non-hydrogen) atoms. The van der Waals surface area contributed by atoms with E-state index in [1.165, 1.54) is 4.31 Å². The van der Waals surface area contributed by atoms with Gasteiger partial charge in [0.05, 0.1) is 5.56 Å². The van der Waals surface area contributed by atoms with E-state index in [0.29, 0.717) is 24.2 Å². The first-order valence-electron chi connectivity index (χ1n) is 6.12. The van der Waals surface area contributed by atoms with Crippen LogP contribution in [0.1, 0.15) is 22.7 Å². The van der Waals surface area contributed by atoms with E-state index in [1.54, 1.807) is 13.8 Å². The molecule has 3 rings (SSSR count). The summed E-state index contributed by atoms with van der Waals surface area (Å²) in [6.07, 6.45) is 0.469. The summed E-state index contributed by atoms with van der Waals surface area (Å²) < 4.78 is 31.5. The molecule has 2 aromatic rings. The lowest BCUT2D eigenvalue weighted by Gasteiger charge is -2.25. The van der Waals surface area contributed by atoms with Crippen LogP contribution < -0.4 is 5.56 Å². The molecule has 0 unspecified atom stereocenters. The van der Waals surface area contributed by atoms with E-state index in [9.17, 15) is 13.2 Å². The molecule has 0 radical (unpaired) electrons. The normalized spacial score (nSPS) is 16.3. The zero-order chi connectivity index (χ0) is 14.5. The van der Waals surface area contributed by atoms with Gasteiger partial charge in [-0.1, -0.05) is 5.16 Å². The Kier molecular flexibility index (Phi) is 2.83. The summed E-state index contributed by atoms with van der Waals surface area (Å²) in [5.41, 5.74) is 1.28. The predicted molar refractivity (Wildman–Crippen MR) is 68.7 cm³/mol. The smallest absolute Gasteiger partial charge is 0.268 e. The molecule has 0 spiro atoms. The molecule has 0 aliphatic carbocycles. The first-order valence-corrected chi connectivity index (χ1v) is 7.56. The zero-order valence-corrected chi connectivity index (χ0v) is 11.9. The van der Waals surface area contributed by atoms with Crippen LogP contribution in [-0.2, 0) is 23.0 Å². The molecular weight excluding hydrogens is 284 g/mol. The molecule has 0 aromatic carbocycles. The van der Waals surface area contributed by atoms with Gasteiger partial charge >= 0.3 is 0 Å². The van der Waals surface area contributed by atoms with Crippen LogP contribution in [0, 0.1) is 13.8 Å². The third-order valence-electron chi connectivity index (χ3n) is 3.48. The Morgan fingerprint density at radius 3 is 2.70 bits per heavy atom. The Labute approximate surface area is 114 Å². The van der Waals surface area contributed by atoms with Crippen molar-refractivity contribution in [1.82, 2.24) is 19.7 Å². The standard InChI is InChI=1S/C11H14N4O4S/c1-6-10(7(2)19-14-6)20(17,18)15-4-3-9-8(5-15)11(16)13-12-9/h3-5H2,1-2H3,(H2,12,13,16). The predicted octanol–water partition coefficient (Wildman–Crippen LogP) is 0.0548. The highest BCUT2D eigenvalue weighted by Crippen LogP contribution is 2.26. The van der Waals surface area contributed by atoms with Crippen molar-refractivity contribution in [3.05, 3.63) is 33.1 Å². The third-order valence-corrected chi connectivity index (χ3v) is 5.57. The quantitative estimate of drug-likeness (QED) is 0.814. The maximum Gasteiger partial charge on any atom is 0.268 e. The number of aryl methyl sites for hydroxylation is 2. The average molecular weight is 298 g/mol. The first kappa shape index (κ1) is 13.1. The Morgan fingerprint density at radius 2 is 2.05 bits per heavy atom. The number of nitrogens with zero attached hydrogens (tertiary/aromatic N) is 2. The summed E-state index contributed by atoms with van der Waals surface area (Å²) in [7, 11) is -3.71. The maximum atomic E-state index is 12.6. The summed E-state index contributed by atoms with van der Waals surface area (Å²) in [6, 6.07) is 0. The minimum absolute atomic E-state index is 0.0561. The number of nitrogens with one attached hydrogen (secondary N) is 2. The Hall–Kier alpha value is -1.87. The Morgan fingerprint density at radius 1 is 1.30 bits per heavy atom. The number of hydrogen-bond acceptors (Lipinski definition) is 5. The van der Waals surface area contributed by atoms with Gasteiger partial charge < -0.3 is 9.62 Å². The van der Waals surface area contributed by atoms with Crippen LogP contribution in [0.15, 0.2) is 14.2 Å². The van der Waals surface area contributed by atoms with Crippen molar-refractivity contribution in [2.75, 3.05) is 6.54 Å². The van der Waals surface area contributed by atoms with Crippen LogP contribution in [-0.4, -0.2) is 34.6 Å². The molecule has 108 valence electrons. The summed E-state index contributed by atoms with van der Waals surface area (Å²) in [5, 5.41) is 8.92. The molecule has 0 fully saturated rings. The lowest BCUT2D eigenvalue weighted by atomic mass is 10.1. The van der Waals surface area contributed by atoms with Gasteiger partial charge in [0.15, 0.2) is 5.76 Å². The van der Waals surface area contributed by atoms with Gasteiger partial charge in [0.1, 0.15) is 10.6 Å². The fourth-order valence-corrected chi connectivity index (χ4v) is 4.17. The van der Waals surface area contributed by atoms with E-state index in [4.69, 9.17) is 4.52 Å². The minimum Gasteiger partial charge on any atom is -0.360 e. The highest BCUT2D eigenvalue weighted by Gasteiger charge is 2.34. The number of fused-ring (bicyclic) bond motifs is 1. The largest absolute Gasteiger partial charge is 0.360 e. The summed E-state index contributed by atoms with van der Waals surface area (Å²) in [6.45, 7) is 3.51. The highest BCUT2D eigenvalue weighted by atomic mass is 32.2. The monoisotopic (exact) mass is 298 g/mol. The Balaban J connectivity index is 2.03. The SMILES string of the molecule is Cc1noc(C)c1S(=O)(=O)N1CCc2[nH][nH]c(=O)c2C1. The molecule has 1 aliphatic heterocycles. The van der Waals surface area contributed by atoms with Crippen LogP contribution in [0.4, 0.5) is 0 Å². The van der Waals surface area contributed by atoms with Crippen molar-refractivity contribution in [3.63, 3.8) is 0 Å². The van der Waals surface area contributed by atoms with Crippen LogP contribution >= 0.6 is 0 Å². The topological polar surface area (TPSA) is 112 Å². The molecule has 3 heterocycles. The summed E-state index contributed by atoms with van der Waals surface area (Å²) >= 11 is 0. The molecule has 0 saturated heterocycles. The second-order valence-electron chi connectivity index (χ2n) is 4.78.